The first kappa shape index (κ1) is 14.4. The van der Waals surface area contributed by atoms with E-state index in [0.29, 0.717) is 11.0 Å². The van der Waals surface area contributed by atoms with Crippen molar-refractivity contribution in [2.24, 2.45) is 5.92 Å². The van der Waals surface area contributed by atoms with E-state index in [-0.39, 0.29) is 17.8 Å². The zero-order valence-corrected chi connectivity index (χ0v) is 11.6. The molecule has 0 saturated carbocycles. The van der Waals surface area contributed by atoms with Gasteiger partial charge >= 0.3 is 0 Å². The fourth-order valence-corrected chi connectivity index (χ4v) is 1.80. The largest absolute Gasteiger partial charge is 0.486 e. The van der Waals surface area contributed by atoms with Crippen molar-refractivity contribution in [2.75, 3.05) is 13.6 Å². The number of ether oxygens (including phenoxy) is 1. The summed E-state index contributed by atoms with van der Waals surface area (Å²) >= 11 is 3.11. The van der Waals surface area contributed by atoms with Gasteiger partial charge in [0.25, 0.3) is 0 Å². The highest BCUT2D eigenvalue weighted by atomic mass is 79.9. The topological polar surface area (TPSA) is 21.3 Å². The van der Waals surface area contributed by atoms with Crippen molar-refractivity contribution < 1.29 is 13.5 Å². The Kier molecular flexibility index (Phi) is 5.33. The molecular weight excluding hydrogens is 292 g/mol. The van der Waals surface area contributed by atoms with Crippen LogP contribution in [0.15, 0.2) is 16.6 Å². The normalized spacial score (nSPS) is 12.9. The molecule has 2 nitrogen and oxygen atoms in total. The molecule has 1 aromatic rings. The first-order valence-electron chi connectivity index (χ1n) is 5.41. The highest BCUT2D eigenvalue weighted by Gasteiger charge is 2.18. The molecule has 0 spiro atoms. The third-order valence-electron chi connectivity index (χ3n) is 2.39. The molecule has 0 aliphatic rings. The standard InChI is InChI=1S/C12H16BrF2NO/c1-7(2)11(6-16-3)17-10-5-8(13)4-9(14)12(10)15/h4-5,7,11,16H,6H2,1-3H3. The van der Waals surface area contributed by atoms with Crippen LogP contribution in [0.4, 0.5) is 8.78 Å². The van der Waals surface area contributed by atoms with Crippen LogP contribution in [0.25, 0.3) is 0 Å². The molecule has 0 amide bonds. The highest BCUT2D eigenvalue weighted by Crippen LogP contribution is 2.27. The third kappa shape index (κ3) is 3.92. The summed E-state index contributed by atoms with van der Waals surface area (Å²) in [6, 6.07) is 2.51. The first-order chi connectivity index (χ1) is 7.95. The molecule has 1 unspecified atom stereocenters. The Morgan fingerprint density at radius 1 is 1.35 bits per heavy atom. The van der Waals surface area contributed by atoms with Gasteiger partial charge in [-0.1, -0.05) is 29.8 Å². The van der Waals surface area contributed by atoms with Gasteiger partial charge in [0.15, 0.2) is 11.6 Å². The van der Waals surface area contributed by atoms with Crippen molar-refractivity contribution in [1.29, 1.82) is 0 Å². The van der Waals surface area contributed by atoms with E-state index in [1.165, 1.54) is 6.07 Å². The molecule has 0 aliphatic heterocycles. The number of halogens is 3. The molecule has 0 radical (unpaired) electrons. The molecule has 1 aromatic carbocycles. The molecule has 1 rings (SSSR count). The zero-order chi connectivity index (χ0) is 13.0. The van der Waals surface area contributed by atoms with Crippen molar-refractivity contribution >= 4 is 15.9 Å². The first-order valence-corrected chi connectivity index (χ1v) is 6.20. The minimum atomic E-state index is -0.949. The van der Waals surface area contributed by atoms with Crippen LogP contribution in [-0.2, 0) is 0 Å². The van der Waals surface area contributed by atoms with Crippen LogP contribution in [-0.4, -0.2) is 19.7 Å². The Morgan fingerprint density at radius 2 is 2.00 bits per heavy atom. The summed E-state index contributed by atoms with van der Waals surface area (Å²) in [5.41, 5.74) is 0. The second-order valence-corrected chi connectivity index (χ2v) is 5.07. The van der Waals surface area contributed by atoms with Crippen molar-refractivity contribution in [3.63, 3.8) is 0 Å². The van der Waals surface area contributed by atoms with E-state index in [0.717, 1.165) is 6.07 Å². The summed E-state index contributed by atoms with van der Waals surface area (Å²) in [7, 11) is 1.79. The van der Waals surface area contributed by atoms with E-state index < -0.39 is 11.6 Å². The maximum atomic E-state index is 13.5. The van der Waals surface area contributed by atoms with E-state index in [1.807, 2.05) is 13.8 Å². The zero-order valence-electron chi connectivity index (χ0n) is 10.1. The quantitative estimate of drug-likeness (QED) is 0.842. The van der Waals surface area contributed by atoms with Crippen LogP contribution in [0.1, 0.15) is 13.8 Å². The maximum absolute atomic E-state index is 13.5. The molecule has 0 aromatic heterocycles. The van der Waals surface area contributed by atoms with Crippen LogP contribution in [0.5, 0.6) is 5.75 Å². The molecule has 96 valence electrons. The van der Waals surface area contributed by atoms with Crippen LogP contribution < -0.4 is 10.1 Å². The Hall–Kier alpha value is -0.680. The minimum absolute atomic E-state index is 0.0641. The Morgan fingerprint density at radius 3 is 2.53 bits per heavy atom. The van der Waals surface area contributed by atoms with Gasteiger partial charge in [-0.25, -0.2) is 4.39 Å². The van der Waals surface area contributed by atoms with Crippen LogP contribution >= 0.6 is 15.9 Å². The van der Waals surface area contributed by atoms with Gasteiger partial charge in [-0.05, 0) is 25.1 Å². The van der Waals surface area contributed by atoms with E-state index in [1.54, 1.807) is 7.05 Å². The molecule has 0 heterocycles. The molecule has 17 heavy (non-hydrogen) atoms. The molecule has 1 atom stereocenters. The Labute approximate surface area is 108 Å². The summed E-state index contributed by atoms with van der Waals surface area (Å²) in [5.74, 6) is -1.73. The van der Waals surface area contributed by atoms with Crippen molar-refractivity contribution in [2.45, 2.75) is 20.0 Å². The minimum Gasteiger partial charge on any atom is -0.486 e. The van der Waals surface area contributed by atoms with Gasteiger partial charge in [0, 0.05) is 11.0 Å². The molecular formula is C12H16BrF2NO. The van der Waals surface area contributed by atoms with Gasteiger partial charge in [-0.3, -0.25) is 0 Å². The lowest BCUT2D eigenvalue weighted by Crippen LogP contribution is -2.34. The number of nitrogens with one attached hydrogen (secondary N) is 1. The highest BCUT2D eigenvalue weighted by molar-refractivity contribution is 9.10. The smallest absolute Gasteiger partial charge is 0.200 e. The number of benzene rings is 1. The van der Waals surface area contributed by atoms with Gasteiger partial charge in [-0.15, -0.1) is 0 Å². The lowest BCUT2D eigenvalue weighted by atomic mass is 10.1. The van der Waals surface area contributed by atoms with Crippen LogP contribution in [0.2, 0.25) is 0 Å². The van der Waals surface area contributed by atoms with E-state index in [9.17, 15) is 8.78 Å². The van der Waals surface area contributed by atoms with Crippen molar-refractivity contribution in [1.82, 2.24) is 5.32 Å². The molecule has 0 fully saturated rings. The van der Waals surface area contributed by atoms with Crippen molar-refractivity contribution in [3.8, 4) is 5.75 Å². The molecule has 1 N–H and O–H groups in total. The molecule has 0 bridgehead atoms. The summed E-state index contributed by atoms with van der Waals surface area (Å²) in [4.78, 5) is 0. The fourth-order valence-electron chi connectivity index (χ4n) is 1.40. The molecule has 5 heteroatoms. The summed E-state index contributed by atoms with van der Waals surface area (Å²) < 4.78 is 32.6. The Balaban J connectivity index is 2.92. The predicted octanol–water partition coefficient (Wildman–Crippen LogP) is 3.35. The van der Waals surface area contributed by atoms with Gasteiger partial charge < -0.3 is 10.1 Å². The summed E-state index contributed by atoms with van der Waals surface area (Å²) in [6.07, 6.45) is -0.205. The number of hydrogen-bond acceptors (Lipinski definition) is 2. The SMILES string of the molecule is CNCC(Oc1cc(Br)cc(F)c1F)C(C)C. The van der Waals surface area contributed by atoms with E-state index >= 15 is 0 Å². The van der Waals surface area contributed by atoms with Crippen LogP contribution in [0, 0.1) is 17.6 Å². The third-order valence-corrected chi connectivity index (χ3v) is 2.84. The number of likely N-dealkylation sites (N-methyl/N-ethyl adjacent to an activating group) is 1. The lowest BCUT2D eigenvalue weighted by Gasteiger charge is -2.22. The van der Waals surface area contributed by atoms with E-state index in [2.05, 4.69) is 21.2 Å². The van der Waals surface area contributed by atoms with Gasteiger partial charge in [0.1, 0.15) is 6.10 Å². The number of rotatable bonds is 5. The predicted molar refractivity (Wildman–Crippen MR) is 67.2 cm³/mol. The van der Waals surface area contributed by atoms with Crippen molar-refractivity contribution in [3.05, 3.63) is 28.2 Å². The second kappa shape index (κ2) is 6.31. The molecule has 0 aliphatic carbocycles. The lowest BCUT2D eigenvalue weighted by molar-refractivity contribution is 0.143. The monoisotopic (exact) mass is 307 g/mol. The maximum Gasteiger partial charge on any atom is 0.200 e. The van der Waals surface area contributed by atoms with Gasteiger partial charge in [-0.2, -0.15) is 4.39 Å². The average molecular weight is 308 g/mol. The Bertz CT molecular complexity index is 385. The number of hydrogen-bond donors (Lipinski definition) is 1. The van der Waals surface area contributed by atoms with Gasteiger partial charge in [0.2, 0.25) is 5.82 Å². The van der Waals surface area contributed by atoms with Gasteiger partial charge in [0.05, 0.1) is 0 Å². The summed E-state index contributed by atoms with van der Waals surface area (Å²) in [5, 5.41) is 2.97. The fraction of sp³-hybridized carbons (Fsp3) is 0.500. The van der Waals surface area contributed by atoms with E-state index in [4.69, 9.17) is 4.74 Å². The average Bonchev–Trinajstić information content (AvgIpc) is 2.24. The summed E-state index contributed by atoms with van der Waals surface area (Å²) in [6.45, 7) is 4.51. The van der Waals surface area contributed by atoms with Crippen LogP contribution in [0.3, 0.4) is 0 Å². The second-order valence-electron chi connectivity index (χ2n) is 4.16. The molecule has 0 saturated heterocycles.